The summed E-state index contributed by atoms with van der Waals surface area (Å²) < 4.78 is 6.35. The molecule has 1 aliphatic rings. The van der Waals surface area contributed by atoms with Crippen molar-refractivity contribution in [3.8, 4) is 0 Å². The summed E-state index contributed by atoms with van der Waals surface area (Å²) in [5, 5.41) is 0. The molecule has 0 aliphatic carbocycles. The van der Waals surface area contributed by atoms with E-state index in [1.54, 1.807) is 0 Å². The van der Waals surface area contributed by atoms with Crippen LogP contribution in [0, 0.1) is 5.92 Å². The minimum absolute atomic E-state index is 0.0217. The van der Waals surface area contributed by atoms with Crippen molar-refractivity contribution in [3.05, 3.63) is 0 Å². The zero-order valence-corrected chi connectivity index (χ0v) is 9.76. The van der Waals surface area contributed by atoms with Gasteiger partial charge in [-0.05, 0) is 18.8 Å². The summed E-state index contributed by atoms with van der Waals surface area (Å²) in [6, 6.07) is 0. The topological polar surface area (TPSA) is 26.3 Å². The lowest BCUT2D eigenvalue weighted by atomic mass is 9.85. The van der Waals surface area contributed by atoms with E-state index in [4.69, 9.17) is 4.74 Å². The average molecular weight is 282 g/mol. The van der Waals surface area contributed by atoms with Gasteiger partial charge in [0, 0.05) is 10.8 Å². The largest absolute Gasteiger partial charge is 0.458 e. The minimum Gasteiger partial charge on any atom is -0.458 e. The first kappa shape index (κ1) is 10.3. The maximum Gasteiger partial charge on any atom is 0.306 e. The van der Waals surface area contributed by atoms with Gasteiger partial charge in [-0.2, -0.15) is 0 Å². The number of halogens is 1. The molecular formula is C9H15IO2. The fraction of sp³-hybridized carbons (Fsp3) is 0.889. The van der Waals surface area contributed by atoms with Crippen LogP contribution < -0.4 is 0 Å². The molecule has 0 N–H and O–H groups in total. The number of ether oxygens (including phenoxy) is 1. The van der Waals surface area contributed by atoms with Crippen LogP contribution in [0.4, 0.5) is 0 Å². The normalized spacial score (nSPS) is 30.5. The molecule has 2 nitrogen and oxygen atoms in total. The molecule has 70 valence electrons. The highest BCUT2D eigenvalue weighted by molar-refractivity contribution is 14.1. The van der Waals surface area contributed by atoms with Crippen molar-refractivity contribution in [1.82, 2.24) is 0 Å². The lowest BCUT2D eigenvalue weighted by Gasteiger charge is -2.38. The molecule has 1 heterocycles. The summed E-state index contributed by atoms with van der Waals surface area (Å²) in [6.07, 6.45) is 2.62. The second kappa shape index (κ2) is 3.94. The smallest absolute Gasteiger partial charge is 0.306 e. The number of hydrogen-bond donors (Lipinski definition) is 0. The number of hydrogen-bond acceptors (Lipinski definition) is 2. The maximum atomic E-state index is 11.1. The number of esters is 1. The maximum absolute atomic E-state index is 11.1. The molecule has 1 atom stereocenters. The number of carbonyl (C=O) groups is 1. The van der Waals surface area contributed by atoms with E-state index < -0.39 is 0 Å². The molecule has 1 aliphatic heterocycles. The summed E-state index contributed by atoms with van der Waals surface area (Å²) in [4.78, 5) is 11.1. The molecule has 1 fully saturated rings. The molecule has 0 aromatic carbocycles. The van der Waals surface area contributed by atoms with E-state index >= 15 is 0 Å². The highest BCUT2D eigenvalue weighted by atomic mass is 127. The summed E-state index contributed by atoms with van der Waals surface area (Å²) in [7, 11) is 0. The lowest BCUT2D eigenvalue weighted by Crippen LogP contribution is -2.44. The summed E-state index contributed by atoms with van der Waals surface area (Å²) in [5.41, 5.74) is -0.171. The standard InChI is InChI=1S/C9H15IO2/c1-7(2)9(6-10)5-3-4-8(11)12-9/h7H,3-6H2,1-2H3/t9-/m1/s1. The molecular weight excluding hydrogens is 267 g/mol. The molecule has 12 heavy (non-hydrogen) atoms. The van der Waals surface area contributed by atoms with Gasteiger partial charge in [0.25, 0.3) is 0 Å². The lowest BCUT2D eigenvalue weighted by molar-refractivity contribution is -0.169. The van der Waals surface area contributed by atoms with Crippen molar-refractivity contribution in [2.24, 2.45) is 5.92 Å². The monoisotopic (exact) mass is 282 g/mol. The second-order valence-electron chi connectivity index (χ2n) is 3.68. The molecule has 0 radical (unpaired) electrons. The molecule has 0 bridgehead atoms. The van der Waals surface area contributed by atoms with Gasteiger partial charge >= 0.3 is 5.97 Å². The highest BCUT2D eigenvalue weighted by Crippen LogP contribution is 2.34. The van der Waals surface area contributed by atoms with Crippen molar-refractivity contribution < 1.29 is 9.53 Å². The molecule has 0 saturated carbocycles. The molecule has 3 heteroatoms. The molecule has 0 unspecified atom stereocenters. The Morgan fingerprint density at radius 3 is 2.67 bits per heavy atom. The van der Waals surface area contributed by atoms with E-state index in [0.717, 1.165) is 17.3 Å². The van der Waals surface area contributed by atoms with E-state index in [1.807, 2.05) is 0 Å². The fourth-order valence-electron chi connectivity index (χ4n) is 1.52. The van der Waals surface area contributed by atoms with E-state index in [2.05, 4.69) is 36.4 Å². The van der Waals surface area contributed by atoms with Gasteiger partial charge in [0.1, 0.15) is 5.60 Å². The molecule has 1 rings (SSSR count). The van der Waals surface area contributed by atoms with Gasteiger partial charge in [-0.15, -0.1) is 0 Å². The third-order valence-corrected chi connectivity index (χ3v) is 3.87. The van der Waals surface area contributed by atoms with Crippen molar-refractivity contribution in [1.29, 1.82) is 0 Å². The van der Waals surface area contributed by atoms with Crippen LogP contribution in [-0.2, 0) is 9.53 Å². The summed E-state index contributed by atoms with van der Waals surface area (Å²) in [6.45, 7) is 4.24. The Morgan fingerprint density at radius 1 is 1.67 bits per heavy atom. The van der Waals surface area contributed by atoms with Crippen LogP contribution in [-0.4, -0.2) is 16.0 Å². The highest BCUT2D eigenvalue weighted by Gasteiger charge is 2.39. The van der Waals surface area contributed by atoms with Crippen LogP contribution in [0.15, 0.2) is 0 Å². The first-order chi connectivity index (χ1) is 5.60. The van der Waals surface area contributed by atoms with Gasteiger partial charge in [0.15, 0.2) is 0 Å². The van der Waals surface area contributed by atoms with E-state index in [-0.39, 0.29) is 11.6 Å². The first-order valence-corrected chi connectivity index (χ1v) is 5.91. The Labute approximate surface area is 87.2 Å². The van der Waals surface area contributed by atoms with Gasteiger partial charge in [-0.1, -0.05) is 36.4 Å². The van der Waals surface area contributed by atoms with E-state index in [9.17, 15) is 4.79 Å². The van der Waals surface area contributed by atoms with Crippen molar-refractivity contribution in [3.63, 3.8) is 0 Å². The Bertz CT molecular complexity index is 179. The second-order valence-corrected chi connectivity index (χ2v) is 4.44. The van der Waals surface area contributed by atoms with Gasteiger partial charge in [-0.3, -0.25) is 4.79 Å². The predicted octanol–water partition coefficient (Wildman–Crippen LogP) is 2.54. The van der Waals surface area contributed by atoms with Crippen LogP contribution in [0.1, 0.15) is 33.1 Å². The third kappa shape index (κ3) is 1.92. The quantitative estimate of drug-likeness (QED) is 0.442. The molecule has 0 spiro atoms. The first-order valence-electron chi connectivity index (χ1n) is 4.38. The van der Waals surface area contributed by atoms with Crippen LogP contribution in [0.5, 0.6) is 0 Å². The van der Waals surface area contributed by atoms with E-state index in [0.29, 0.717) is 12.3 Å². The zero-order chi connectivity index (χ0) is 9.19. The van der Waals surface area contributed by atoms with Gasteiger partial charge in [-0.25, -0.2) is 0 Å². The van der Waals surface area contributed by atoms with Crippen molar-refractivity contribution in [2.45, 2.75) is 38.7 Å². The van der Waals surface area contributed by atoms with Gasteiger partial charge in [0.05, 0.1) is 0 Å². The fourth-order valence-corrected chi connectivity index (χ4v) is 2.93. The van der Waals surface area contributed by atoms with Crippen LogP contribution in [0.25, 0.3) is 0 Å². The van der Waals surface area contributed by atoms with Gasteiger partial charge in [0.2, 0.25) is 0 Å². The zero-order valence-electron chi connectivity index (χ0n) is 7.60. The third-order valence-electron chi connectivity index (χ3n) is 2.58. The molecule has 0 aromatic rings. The molecule has 1 saturated heterocycles. The average Bonchev–Trinajstić information content (AvgIpc) is 2.04. The van der Waals surface area contributed by atoms with Gasteiger partial charge < -0.3 is 4.74 Å². The van der Waals surface area contributed by atoms with Crippen molar-refractivity contribution in [2.75, 3.05) is 4.43 Å². The van der Waals surface area contributed by atoms with E-state index in [1.165, 1.54) is 0 Å². The summed E-state index contributed by atoms with van der Waals surface area (Å²) in [5.74, 6) is 0.408. The predicted molar refractivity (Wildman–Crippen MR) is 56.4 cm³/mol. The Balaban J connectivity index is 2.71. The minimum atomic E-state index is -0.171. The van der Waals surface area contributed by atoms with Crippen molar-refractivity contribution >= 4 is 28.6 Å². The molecule has 0 aromatic heterocycles. The Hall–Kier alpha value is 0.200. The number of alkyl halides is 1. The number of cyclic esters (lactones) is 1. The Kier molecular flexibility index (Phi) is 3.37. The summed E-state index contributed by atoms with van der Waals surface area (Å²) >= 11 is 2.31. The van der Waals surface area contributed by atoms with Crippen LogP contribution in [0.2, 0.25) is 0 Å². The van der Waals surface area contributed by atoms with Crippen LogP contribution >= 0.6 is 22.6 Å². The van der Waals surface area contributed by atoms with Crippen LogP contribution in [0.3, 0.4) is 0 Å². The SMILES string of the molecule is CC(C)[C@]1(CI)CCCC(=O)O1. The number of rotatable bonds is 2. The number of carbonyl (C=O) groups excluding carboxylic acids is 1. The Morgan fingerprint density at radius 2 is 2.33 bits per heavy atom. The molecule has 0 amide bonds.